The third-order valence-electron chi connectivity index (χ3n) is 4.21. The molecule has 1 amide bonds. The number of hydrogen-bond donors (Lipinski definition) is 1. The molecule has 5 nitrogen and oxygen atoms in total. The number of halogens is 2. The number of anilines is 1. The normalized spacial score (nSPS) is 10.9. The van der Waals surface area contributed by atoms with Crippen LogP contribution in [0.1, 0.15) is 17.0 Å². The Morgan fingerprint density at radius 2 is 1.93 bits per heavy atom. The third-order valence-corrected chi connectivity index (χ3v) is 6.64. The lowest BCUT2D eigenvalue weighted by Crippen LogP contribution is -2.15. The zero-order chi connectivity index (χ0) is 20.8. The van der Waals surface area contributed by atoms with Crippen molar-refractivity contribution < 1.29 is 9.18 Å². The molecule has 29 heavy (non-hydrogen) atoms. The van der Waals surface area contributed by atoms with Crippen LogP contribution in [-0.4, -0.2) is 26.4 Å². The molecule has 0 atom stereocenters. The highest BCUT2D eigenvalue weighted by Crippen LogP contribution is 2.24. The fourth-order valence-corrected chi connectivity index (χ4v) is 4.37. The highest BCUT2D eigenvalue weighted by molar-refractivity contribution is 7.99. The van der Waals surface area contributed by atoms with Crippen LogP contribution in [0.4, 0.5) is 10.1 Å². The summed E-state index contributed by atoms with van der Waals surface area (Å²) in [7, 11) is 1.88. The SMILES string of the molecule is Cc1c(Cl)cccc1NC(=O)CSc1nnc(CSCc2ccc(F)cc2)n1C. The van der Waals surface area contributed by atoms with Crippen molar-refractivity contribution in [1.82, 2.24) is 14.8 Å². The summed E-state index contributed by atoms with van der Waals surface area (Å²) >= 11 is 9.09. The molecule has 0 bridgehead atoms. The van der Waals surface area contributed by atoms with Crippen LogP contribution in [0.2, 0.25) is 5.02 Å². The predicted molar refractivity (Wildman–Crippen MR) is 118 cm³/mol. The van der Waals surface area contributed by atoms with Crippen LogP contribution in [0.25, 0.3) is 0 Å². The molecular weight excluding hydrogens is 431 g/mol. The smallest absolute Gasteiger partial charge is 0.234 e. The number of thioether (sulfide) groups is 2. The molecule has 3 rings (SSSR count). The number of aromatic nitrogens is 3. The molecular formula is C20H20ClFN4OS2. The predicted octanol–water partition coefficient (Wildman–Crippen LogP) is 5.08. The second-order valence-corrected chi connectivity index (χ2v) is 8.66. The first-order chi connectivity index (χ1) is 13.9. The topological polar surface area (TPSA) is 59.8 Å². The van der Waals surface area contributed by atoms with Crippen LogP contribution in [0.15, 0.2) is 47.6 Å². The number of amides is 1. The van der Waals surface area contributed by atoms with Crippen molar-refractivity contribution in [3.8, 4) is 0 Å². The Hall–Kier alpha value is -2.03. The van der Waals surface area contributed by atoms with Gasteiger partial charge in [-0.2, -0.15) is 0 Å². The molecule has 0 aliphatic rings. The Morgan fingerprint density at radius 3 is 2.69 bits per heavy atom. The molecule has 1 N–H and O–H groups in total. The Balaban J connectivity index is 1.49. The number of hydrogen-bond acceptors (Lipinski definition) is 5. The Labute approximate surface area is 182 Å². The number of nitrogens with one attached hydrogen (secondary N) is 1. The average molecular weight is 451 g/mol. The molecule has 9 heteroatoms. The zero-order valence-electron chi connectivity index (χ0n) is 16.0. The molecule has 1 aromatic heterocycles. The van der Waals surface area contributed by atoms with Crippen LogP contribution in [0.3, 0.4) is 0 Å². The van der Waals surface area contributed by atoms with Crippen molar-refractivity contribution in [1.29, 1.82) is 0 Å². The van der Waals surface area contributed by atoms with Gasteiger partial charge in [-0.05, 0) is 42.3 Å². The summed E-state index contributed by atoms with van der Waals surface area (Å²) in [5, 5.41) is 12.6. The van der Waals surface area contributed by atoms with Gasteiger partial charge in [0.15, 0.2) is 5.16 Å². The van der Waals surface area contributed by atoms with Crippen molar-refractivity contribution in [3.63, 3.8) is 0 Å². The van der Waals surface area contributed by atoms with E-state index >= 15 is 0 Å². The first-order valence-corrected chi connectivity index (χ1v) is 11.3. The summed E-state index contributed by atoms with van der Waals surface area (Å²) in [6, 6.07) is 11.9. The number of benzene rings is 2. The minimum absolute atomic E-state index is 0.129. The molecule has 0 aliphatic carbocycles. The average Bonchev–Trinajstić information content (AvgIpc) is 3.05. The summed E-state index contributed by atoms with van der Waals surface area (Å²) in [4.78, 5) is 12.3. The van der Waals surface area contributed by atoms with Gasteiger partial charge in [-0.25, -0.2) is 4.39 Å². The van der Waals surface area contributed by atoms with Gasteiger partial charge in [0, 0.05) is 23.5 Å². The largest absolute Gasteiger partial charge is 0.325 e. The van der Waals surface area contributed by atoms with E-state index in [1.807, 2.05) is 24.6 Å². The van der Waals surface area contributed by atoms with Crippen molar-refractivity contribution in [2.75, 3.05) is 11.1 Å². The lowest BCUT2D eigenvalue weighted by Gasteiger charge is -2.09. The number of rotatable bonds is 8. The van der Waals surface area contributed by atoms with Gasteiger partial charge in [-0.15, -0.1) is 22.0 Å². The first kappa shape index (κ1) is 21.7. The molecule has 1 heterocycles. The molecule has 0 aliphatic heterocycles. The van der Waals surface area contributed by atoms with Crippen molar-refractivity contribution in [2.45, 2.75) is 23.6 Å². The van der Waals surface area contributed by atoms with Gasteiger partial charge in [0.2, 0.25) is 5.91 Å². The fraction of sp³-hybridized carbons (Fsp3) is 0.250. The summed E-state index contributed by atoms with van der Waals surface area (Å²) in [6.45, 7) is 1.86. The summed E-state index contributed by atoms with van der Waals surface area (Å²) in [5.74, 6) is 2.12. The molecule has 0 saturated carbocycles. The monoisotopic (exact) mass is 450 g/mol. The third kappa shape index (κ3) is 5.98. The highest BCUT2D eigenvalue weighted by Gasteiger charge is 2.13. The molecule has 2 aromatic carbocycles. The molecule has 152 valence electrons. The van der Waals surface area contributed by atoms with E-state index in [2.05, 4.69) is 15.5 Å². The number of carbonyl (C=O) groups is 1. The maximum Gasteiger partial charge on any atom is 0.234 e. The molecule has 0 radical (unpaired) electrons. The molecule has 0 fully saturated rings. The molecule has 0 spiro atoms. The van der Waals surface area contributed by atoms with Gasteiger partial charge >= 0.3 is 0 Å². The quantitative estimate of drug-likeness (QED) is 0.485. The van der Waals surface area contributed by atoms with Gasteiger partial charge in [0.1, 0.15) is 11.6 Å². The van der Waals surface area contributed by atoms with Gasteiger partial charge in [0.25, 0.3) is 0 Å². The Bertz CT molecular complexity index is 995. The summed E-state index contributed by atoms with van der Waals surface area (Å²) in [6.07, 6.45) is 0. The van der Waals surface area contributed by atoms with Crippen molar-refractivity contribution in [3.05, 3.63) is 70.3 Å². The van der Waals surface area contributed by atoms with Crippen LogP contribution in [0.5, 0.6) is 0 Å². The van der Waals surface area contributed by atoms with Gasteiger partial charge in [-0.3, -0.25) is 4.79 Å². The molecule has 0 unspecified atom stereocenters. The second kappa shape index (κ2) is 10.1. The van der Waals surface area contributed by atoms with E-state index in [9.17, 15) is 9.18 Å². The molecule has 3 aromatic rings. The van der Waals surface area contributed by atoms with Crippen LogP contribution in [-0.2, 0) is 23.3 Å². The standard InChI is InChI=1S/C20H20ClFN4OS2/c1-13-16(21)4-3-5-17(13)23-19(27)12-29-20-25-24-18(26(20)2)11-28-10-14-6-8-15(22)9-7-14/h3-9H,10-12H2,1-2H3,(H,23,27). The van der Waals surface area contributed by atoms with Gasteiger partial charge < -0.3 is 9.88 Å². The van der Waals surface area contributed by atoms with E-state index in [0.717, 1.165) is 22.7 Å². The van der Waals surface area contributed by atoms with Gasteiger partial charge in [-0.1, -0.05) is 41.6 Å². The molecule has 0 saturated heterocycles. The minimum Gasteiger partial charge on any atom is -0.325 e. The lowest BCUT2D eigenvalue weighted by molar-refractivity contribution is -0.113. The highest BCUT2D eigenvalue weighted by atomic mass is 35.5. The van der Waals surface area contributed by atoms with Crippen molar-refractivity contribution in [2.24, 2.45) is 7.05 Å². The van der Waals surface area contributed by atoms with E-state index in [1.54, 1.807) is 36.0 Å². The van der Waals surface area contributed by atoms with Crippen LogP contribution in [0, 0.1) is 12.7 Å². The van der Waals surface area contributed by atoms with E-state index < -0.39 is 0 Å². The second-order valence-electron chi connectivity index (χ2n) is 6.33. The minimum atomic E-state index is -0.233. The summed E-state index contributed by atoms with van der Waals surface area (Å²) < 4.78 is 14.8. The maximum atomic E-state index is 13.0. The number of carbonyl (C=O) groups excluding carboxylic acids is 1. The van der Waals surface area contributed by atoms with Crippen molar-refractivity contribution >= 4 is 46.7 Å². The van der Waals surface area contributed by atoms with E-state index in [0.29, 0.717) is 21.6 Å². The van der Waals surface area contributed by atoms with Crippen LogP contribution < -0.4 is 5.32 Å². The zero-order valence-corrected chi connectivity index (χ0v) is 18.4. The summed E-state index contributed by atoms with van der Waals surface area (Å²) in [5.41, 5.74) is 2.60. The van der Waals surface area contributed by atoms with E-state index in [1.165, 1.54) is 23.9 Å². The Kier molecular flexibility index (Phi) is 7.57. The van der Waals surface area contributed by atoms with E-state index in [4.69, 9.17) is 11.6 Å². The first-order valence-electron chi connectivity index (χ1n) is 8.82. The Morgan fingerprint density at radius 1 is 1.17 bits per heavy atom. The number of nitrogens with zero attached hydrogens (tertiary/aromatic N) is 3. The maximum absolute atomic E-state index is 13.0. The fourth-order valence-electron chi connectivity index (χ4n) is 2.50. The van der Waals surface area contributed by atoms with Crippen LogP contribution >= 0.6 is 35.1 Å². The van der Waals surface area contributed by atoms with Gasteiger partial charge in [0.05, 0.1) is 11.5 Å². The lowest BCUT2D eigenvalue weighted by atomic mass is 10.2. The van der Waals surface area contributed by atoms with E-state index in [-0.39, 0.29) is 17.5 Å².